The van der Waals surface area contributed by atoms with Crippen LogP contribution in [0, 0.1) is 0 Å². The minimum Gasteiger partial charge on any atom is -0.374 e. The molecule has 0 spiro atoms. The van der Waals surface area contributed by atoms with Gasteiger partial charge in [-0.05, 0) is 19.4 Å². The van der Waals surface area contributed by atoms with Gasteiger partial charge in [0.1, 0.15) is 12.4 Å². The molecule has 0 amide bonds. The van der Waals surface area contributed by atoms with E-state index < -0.39 is 9.84 Å². The second kappa shape index (κ2) is 7.58. The number of rotatable bonds is 7. The van der Waals surface area contributed by atoms with Crippen LogP contribution in [-0.2, 0) is 26.9 Å². The maximum atomic E-state index is 11.8. The number of hydrogen-bond acceptors (Lipinski definition) is 8. The maximum absolute atomic E-state index is 11.8. The number of aromatic nitrogens is 5. The Labute approximate surface area is 145 Å². The molecule has 10 heteroatoms. The van der Waals surface area contributed by atoms with Crippen molar-refractivity contribution in [1.29, 1.82) is 0 Å². The van der Waals surface area contributed by atoms with Gasteiger partial charge in [0.15, 0.2) is 20.8 Å². The van der Waals surface area contributed by atoms with Gasteiger partial charge in [-0.25, -0.2) is 28.1 Å². The lowest BCUT2D eigenvalue weighted by molar-refractivity contribution is 0.128. The normalized spacial score (nSPS) is 19.6. The Morgan fingerprint density at radius 2 is 2.17 bits per heavy atom. The lowest BCUT2D eigenvalue weighted by Gasteiger charge is -2.11. The molecule has 0 aromatic carbocycles. The average molecular weight is 369 g/mol. The highest BCUT2D eigenvalue weighted by Crippen LogP contribution is 2.26. The summed E-state index contributed by atoms with van der Waals surface area (Å²) >= 11 is 1.45. The Morgan fingerprint density at radius 3 is 2.83 bits per heavy atom. The van der Waals surface area contributed by atoms with Gasteiger partial charge in [0.25, 0.3) is 0 Å². The monoisotopic (exact) mass is 369 g/mol. The van der Waals surface area contributed by atoms with E-state index in [2.05, 4.69) is 20.1 Å². The Bertz CT molecular complexity index is 779. The van der Waals surface area contributed by atoms with E-state index in [1.54, 1.807) is 23.1 Å². The van der Waals surface area contributed by atoms with Crippen molar-refractivity contribution >= 4 is 21.6 Å². The van der Waals surface area contributed by atoms with Crippen molar-refractivity contribution in [2.45, 2.75) is 36.9 Å². The van der Waals surface area contributed by atoms with Crippen molar-refractivity contribution in [1.82, 2.24) is 24.7 Å². The molecule has 130 valence electrons. The fourth-order valence-corrected chi connectivity index (χ4v) is 4.93. The van der Waals surface area contributed by atoms with Crippen LogP contribution >= 0.6 is 11.8 Å². The third kappa shape index (κ3) is 4.31. The van der Waals surface area contributed by atoms with E-state index in [1.807, 2.05) is 6.92 Å². The Balaban J connectivity index is 1.78. The van der Waals surface area contributed by atoms with Gasteiger partial charge in [0, 0.05) is 19.0 Å². The second-order valence-corrected chi connectivity index (χ2v) is 8.57. The van der Waals surface area contributed by atoms with E-state index in [0.717, 1.165) is 5.82 Å². The summed E-state index contributed by atoms with van der Waals surface area (Å²) in [7, 11) is -2.99. The Morgan fingerprint density at radius 1 is 1.38 bits per heavy atom. The lowest BCUT2D eigenvalue weighted by Crippen LogP contribution is -2.15. The number of thioether (sulfide) groups is 1. The third-order valence-corrected chi connectivity index (χ3v) is 6.23. The highest BCUT2D eigenvalue weighted by Gasteiger charge is 2.31. The third-order valence-electron chi connectivity index (χ3n) is 3.61. The molecule has 2 aromatic heterocycles. The van der Waals surface area contributed by atoms with Crippen LogP contribution < -0.4 is 0 Å². The second-order valence-electron chi connectivity index (χ2n) is 5.40. The van der Waals surface area contributed by atoms with E-state index in [1.165, 1.54) is 11.8 Å². The Hall–Kier alpha value is -1.52. The summed E-state index contributed by atoms with van der Waals surface area (Å²) in [6.07, 6.45) is 3.94. The van der Waals surface area contributed by atoms with Gasteiger partial charge < -0.3 is 4.74 Å². The number of hydrogen-bond donors (Lipinski definition) is 0. The van der Waals surface area contributed by atoms with Crippen molar-refractivity contribution in [3.8, 4) is 0 Å². The van der Waals surface area contributed by atoms with Crippen LogP contribution in [0.25, 0.3) is 0 Å². The van der Waals surface area contributed by atoms with Gasteiger partial charge in [-0.2, -0.15) is 5.10 Å². The number of ether oxygens (including phenoxy) is 1. The smallest absolute Gasteiger partial charge is 0.187 e. The molecule has 0 N–H and O–H groups in total. The van der Waals surface area contributed by atoms with Gasteiger partial charge in [-0.3, -0.25) is 0 Å². The molecule has 0 saturated carbocycles. The van der Waals surface area contributed by atoms with E-state index in [-0.39, 0.29) is 17.5 Å². The van der Waals surface area contributed by atoms with Crippen molar-refractivity contribution in [3.63, 3.8) is 0 Å². The van der Waals surface area contributed by atoms with E-state index in [9.17, 15) is 8.42 Å². The van der Waals surface area contributed by atoms with Crippen LogP contribution in [0.3, 0.4) is 0 Å². The molecule has 2 aromatic rings. The van der Waals surface area contributed by atoms with E-state index in [4.69, 9.17) is 4.74 Å². The van der Waals surface area contributed by atoms with Gasteiger partial charge in [-0.1, -0.05) is 11.8 Å². The molecule has 1 aliphatic rings. The first-order chi connectivity index (χ1) is 11.6. The van der Waals surface area contributed by atoms with Crippen molar-refractivity contribution in [3.05, 3.63) is 30.1 Å². The fourth-order valence-electron chi connectivity index (χ4n) is 2.51. The topological polar surface area (TPSA) is 99.9 Å². The first-order valence-electron chi connectivity index (χ1n) is 7.69. The molecular formula is C14H19N5O3S2. The largest absolute Gasteiger partial charge is 0.374 e. The van der Waals surface area contributed by atoms with Gasteiger partial charge in [0.05, 0.1) is 23.3 Å². The zero-order chi connectivity index (χ0) is 17.0. The number of nitrogens with zero attached hydrogens (tertiary/aromatic N) is 5. The summed E-state index contributed by atoms with van der Waals surface area (Å²) in [5.41, 5.74) is 0. The first-order valence-corrected chi connectivity index (χ1v) is 10.5. The molecule has 3 rings (SSSR count). The first kappa shape index (κ1) is 17.3. The van der Waals surface area contributed by atoms with Crippen molar-refractivity contribution in [2.24, 2.45) is 0 Å². The van der Waals surface area contributed by atoms with Crippen molar-refractivity contribution in [2.75, 3.05) is 18.1 Å². The zero-order valence-electron chi connectivity index (χ0n) is 13.3. The molecule has 0 unspecified atom stereocenters. The highest BCUT2D eigenvalue weighted by molar-refractivity contribution is 7.98. The molecule has 1 fully saturated rings. The SMILES string of the molecule is CCOCc1nc(CSc2ncccn2)n([C@@H]2CCS(=O)(=O)C2)n1. The van der Waals surface area contributed by atoms with Crippen LogP contribution in [0.2, 0.25) is 0 Å². The summed E-state index contributed by atoms with van der Waals surface area (Å²) in [5.74, 6) is 2.14. The summed E-state index contributed by atoms with van der Waals surface area (Å²) in [5, 5.41) is 5.12. The Kier molecular flexibility index (Phi) is 5.47. The quantitative estimate of drug-likeness (QED) is 0.531. The standard InChI is InChI=1S/C14H19N5O3S2/c1-2-22-8-12-17-13(9-23-14-15-5-3-6-16-14)19(18-12)11-4-7-24(20,21)10-11/h3,5-6,11H,2,4,7-10H2,1H3/t11-/m1/s1. The van der Waals surface area contributed by atoms with E-state index >= 15 is 0 Å². The van der Waals surface area contributed by atoms with Crippen LogP contribution in [0.1, 0.15) is 31.0 Å². The van der Waals surface area contributed by atoms with Gasteiger partial charge in [0.2, 0.25) is 0 Å². The zero-order valence-corrected chi connectivity index (χ0v) is 15.0. The number of sulfone groups is 1. The van der Waals surface area contributed by atoms with Crippen LogP contribution in [0.4, 0.5) is 0 Å². The van der Waals surface area contributed by atoms with Crippen LogP contribution in [0.15, 0.2) is 23.6 Å². The fraction of sp³-hybridized carbons (Fsp3) is 0.571. The molecular weight excluding hydrogens is 350 g/mol. The van der Waals surface area contributed by atoms with Crippen LogP contribution in [-0.4, -0.2) is 51.3 Å². The predicted molar refractivity (Wildman–Crippen MR) is 89.3 cm³/mol. The molecule has 0 bridgehead atoms. The van der Waals surface area contributed by atoms with E-state index in [0.29, 0.717) is 36.4 Å². The summed E-state index contributed by atoms with van der Waals surface area (Å²) < 4.78 is 30.7. The lowest BCUT2D eigenvalue weighted by atomic mass is 10.3. The maximum Gasteiger partial charge on any atom is 0.187 e. The molecule has 3 heterocycles. The van der Waals surface area contributed by atoms with Crippen LogP contribution in [0.5, 0.6) is 0 Å². The van der Waals surface area contributed by atoms with Crippen molar-refractivity contribution < 1.29 is 13.2 Å². The minimum absolute atomic E-state index is 0.115. The molecule has 8 nitrogen and oxygen atoms in total. The average Bonchev–Trinajstić information content (AvgIpc) is 3.14. The molecule has 1 saturated heterocycles. The van der Waals surface area contributed by atoms with Gasteiger partial charge >= 0.3 is 0 Å². The molecule has 1 aliphatic heterocycles. The highest BCUT2D eigenvalue weighted by atomic mass is 32.2. The molecule has 0 aliphatic carbocycles. The summed E-state index contributed by atoms with van der Waals surface area (Å²) in [6.45, 7) is 2.81. The molecule has 1 atom stereocenters. The molecule has 0 radical (unpaired) electrons. The summed E-state index contributed by atoms with van der Waals surface area (Å²) in [6, 6.07) is 1.60. The predicted octanol–water partition coefficient (Wildman–Crippen LogP) is 1.26. The minimum atomic E-state index is -2.99. The molecule has 24 heavy (non-hydrogen) atoms. The van der Waals surface area contributed by atoms with Gasteiger partial charge in [-0.15, -0.1) is 0 Å². The summed E-state index contributed by atoms with van der Waals surface area (Å²) in [4.78, 5) is 12.9.